The highest BCUT2D eigenvalue weighted by atomic mass is 28.3. The van der Waals surface area contributed by atoms with Crippen LogP contribution in [0.25, 0.3) is 11.1 Å². The standard InChI is InChI=1S/C25H33NSi/c1-4-19-27(5-2,6-3)20-9-7-8-10-22-11-15-24(16-12-22)25-17-13-23(21-26)14-18-25/h4,11-19H,5-10,20H2,1-3H3. The van der Waals surface area contributed by atoms with E-state index in [1.165, 1.54) is 60.5 Å². The van der Waals surface area contributed by atoms with Crippen LogP contribution in [0.5, 0.6) is 0 Å². The number of nitrogens with zero attached hydrogens (tertiary/aromatic N) is 1. The number of unbranched alkanes of at least 4 members (excludes halogenated alkanes) is 2. The molecule has 0 aliphatic carbocycles. The van der Waals surface area contributed by atoms with E-state index in [1.54, 1.807) is 0 Å². The molecule has 2 aromatic rings. The molecule has 1 nitrogen and oxygen atoms in total. The second-order valence-corrected chi connectivity index (χ2v) is 12.5. The fourth-order valence-corrected chi connectivity index (χ4v) is 7.37. The van der Waals surface area contributed by atoms with Gasteiger partial charge in [0.15, 0.2) is 0 Å². The topological polar surface area (TPSA) is 23.8 Å². The predicted octanol–water partition coefficient (Wildman–Crippen LogP) is 7.54. The smallest absolute Gasteiger partial charge is 0.0991 e. The Kier molecular flexibility index (Phi) is 8.55. The quantitative estimate of drug-likeness (QED) is 0.311. The minimum Gasteiger partial charge on any atom is -0.192 e. The Labute approximate surface area is 166 Å². The molecular formula is C25H33NSi. The molecule has 0 unspecified atom stereocenters. The molecule has 0 atom stereocenters. The van der Waals surface area contributed by atoms with Crippen molar-refractivity contribution in [2.24, 2.45) is 0 Å². The van der Waals surface area contributed by atoms with Gasteiger partial charge in [-0.15, -0.1) is 0 Å². The Morgan fingerprint density at radius 3 is 1.96 bits per heavy atom. The first-order valence-corrected chi connectivity index (χ1v) is 13.1. The van der Waals surface area contributed by atoms with Crippen molar-refractivity contribution in [3.05, 3.63) is 71.4 Å². The Hall–Kier alpha value is -2.11. The maximum atomic E-state index is 8.90. The number of rotatable bonds is 10. The molecule has 0 radical (unpaired) electrons. The van der Waals surface area contributed by atoms with E-state index in [4.69, 9.17) is 5.26 Å². The molecule has 0 saturated heterocycles. The summed E-state index contributed by atoms with van der Waals surface area (Å²) in [5.41, 5.74) is 7.09. The van der Waals surface area contributed by atoms with Gasteiger partial charge in [-0.2, -0.15) is 5.26 Å². The van der Waals surface area contributed by atoms with E-state index in [2.05, 4.69) is 62.9 Å². The van der Waals surface area contributed by atoms with Crippen molar-refractivity contribution in [3.63, 3.8) is 0 Å². The van der Waals surface area contributed by atoms with Crippen molar-refractivity contribution < 1.29 is 0 Å². The van der Waals surface area contributed by atoms with Crippen LogP contribution in [0.2, 0.25) is 18.1 Å². The molecule has 0 fully saturated rings. The molecule has 0 saturated carbocycles. The van der Waals surface area contributed by atoms with Crippen LogP contribution in [0.3, 0.4) is 0 Å². The third-order valence-corrected chi connectivity index (χ3v) is 11.1. The normalized spacial score (nSPS) is 11.6. The van der Waals surface area contributed by atoms with E-state index >= 15 is 0 Å². The van der Waals surface area contributed by atoms with E-state index in [9.17, 15) is 0 Å². The highest BCUT2D eigenvalue weighted by Gasteiger charge is 2.24. The maximum absolute atomic E-state index is 8.90. The third kappa shape index (κ3) is 6.22. The van der Waals surface area contributed by atoms with Crippen molar-refractivity contribution in [2.45, 2.75) is 64.6 Å². The van der Waals surface area contributed by atoms with E-state index in [-0.39, 0.29) is 0 Å². The molecule has 0 N–H and O–H groups in total. The lowest BCUT2D eigenvalue weighted by molar-refractivity contribution is 0.710. The summed E-state index contributed by atoms with van der Waals surface area (Å²) in [6.07, 6.45) is 7.45. The van der Waals surface area contributed by atoms with Gasteiger partial charge < -0.3 is 0 Å². The van der Waals surface area contributed by atoms with E-state index in [0.717, 1.165) is 0 Å². The minimum atomic E-state index is -1.13. The van der Waals surface area contributed by atoms with Gasteiger partial charge in [-0.05, 0) is 48.6 Å². The van der Waals surface area contributed by atoms with Crippen LogP contribution >= 0.6 is 0 Å². The number of hydrogen-bond donors (Lipinski definition) is 0. The molecule has 2 heteroatoms. The number of aryl methyl sites for hydroxylation is 1. The number of nitriles is 1. The zero-order valence-corrected chi connectivity index (χ0v) is 18.2. The van der Waals surface area contributed by atoms with Gasteiger partial charge in [-0.25, -0.2) is 0 Å². The molecule has 2 rings (SSSR count). The van der Waals surface area contributed by atoms with Gasteiger partial charge >= 0.3 is 0 Å². The first-order valence-electron chi connectivity index (χ1n) is 10.4. The fourth-order valence-electron chi connectivity index (χ4n) is 3.86. The fraction of sp³-hybridized carbons (Fsp3) is 0.400. The largest absolute Gasteiger partial charge is 0.192 e. The monoisotopic (exact) mass is 375 g/mol. The summed E-state index contributed by atoms with van der Waals surface area (Å²) >= 11 is 0. The van der Waals surface area contributed by atoms with Crippen molar-refractivity contribution in [1.29, 1.82) is 5.26 Å². The lowest BCUT2D eigenvalue weighted by Gasteiger charge is -2.25. The first-order chi connectivity index (χ1) is 13.2. The summed E-state index contributed by atoms with van der Waals surface area (Å²) in [6, 6.07) is 23.1. The molecule has 0 heterocycles. The van der Waals surface area contributed by atoms with E-state index in [0.29, 0.717) is 5.56 Å². The number of benzene rings is 2. The molecule has 142 valence electrons. The zero-order chi connectivity index (χ0) is 19.5. The van der Waals surface area contributed by atoms with Crippen LogP contribution in [0.4, 0.5) is 0 Å². The molecular weight excluding hydrogens is 342 g/mol. The lowest BCUT2D eigenvalue weighted by atomic mass is 10.0. The van der Waals surface area contributed by atoms with Crippen LogP contribution in [0.1, 0.15) is 51.2 Å². The van der Waals surface area contributed by atoms with Crippen molar-refractivity contribution in [2.75, 3.05) is 0 Å². The molecule has 0 amide bonds. The molecule has 27 heavy (non-hydrogen) atoms. The first kappa shape index (κ1) is 21.2. The van der Waals surface area contributed by atoms with Crippen LogP contribution in [-0.4, -0.2) is 8.07 Å². The summed E-state index contributed by atoms with van der Waals surface area (Å²) in [7, 11) is -1.13. The van der Waals surface area contributed by atoms with E-state index < -0.39 is 8.07 Å². The summed E-state index contributed by atoms with van der Waals surface area (Å²) in [5, 5.41) is 8.90. The third-order valence-electron chi connectivity index (χ3n) is 5.87. The molecule has 0 spiro atoms. The molecule has 2 aromatic carbocycles. The Bertz CT molecular complexity index is 746. The summed E-state index contributed by atoms with van der Waals surface area (Å²) in [6.45, 7) is 6.94. The van der Waals surface area contributed by atoms with Gasteiger partial charge in [0.25, 0.3) is 0 Å². The number of allylic oxidation sites excluding steroid dienone is 1. The van der Waals surface area contributed by atoms with Gasteiger partial charge in [0.05, 0.1) is 19.7 Å². The second-order valence-electron chi connectivity index (χ2n) is 7.52. The predicted molar refractivity (Wildman–Crippen MR) is 120 cm³/mol. The van der Waals surface area contributed by atoms with Crippen LogP contribution in [-0.2, 0) is 6.42 Å². The van der Waals surface area contributed by atoms with Gasteiger partial charge in [-0.1, -0.05) is 93.0 Å². The minimum absolute atomic E-state index is 0.711. The molecule has 0 aliphatic heterocycles. The zero-order valence-electron chi connectivity index (χ0n) is 17.2. The molecule has 0 bridgehead atoms. The highest BCUT2D eigenvalue weighted by molar-refractivity contribution is 6.84. The molecule has 0 aliphatic rings. The van der Waals surface area contributed by atoms with E-state index in [1.807, 2.05) is 24.3 Å². The van der Waals surface area contributed by atoms with Crippen molar-refractivity contribution in [1.82, 2.24) is 0 Å². The van der Waals surface area contributed by atoms with Gasteiger partial charge in [0.1, 0.15) is 0 Å². The Balaban J connectivity index is 1.80. The highest BCUT2D eigenvalue weighted by Crippen LogP contribution is 2.26. The Morgan fingerprint density at radius 1 is 0.852 bits per heavy atom. The average molecular weight is 376 g/mol. The molecule has 0 aromatic heterocycles. The van der Waals surface area contributed by atoms with Crippen LogP contribution < -0.4 is 0 Å². The van der Waals surface area contributed by atoms with Crippen LogP contribution in [0, 0.1) is 11.3 Å². The summed E-state index contributed by atoms with van der Waals surface area (Å²) < 4.78 is 0. The maximum Gasteiger partial charge on any atom is 0.0991 e. The van der Waals surface area contributed by atoms with Crippen LogP contribution in [0.15, 0.2) is 60.3 Å². The number of hydrogen-bond acceptors (Lipinski definition) is 1. The van der Waals surface area contributed by atoms with Crippen molar-refractivity contribution in [3.8, 4) is 17.2 Å². The van der Waals surface area contributed by atoms with Gasteiger partial charge in [-0.3, -0.25) is 0 Å². The second kappa shape index (κ2) is 10.9. The summed E-state index contributed by atoms with van der Waals surface area (Å²) in [5.74, 6) is 0. The average Bonchev–Trinajstić information content (AvgIpc) is 2.73. The summed E-state index contributed by atoms with van der Waals surface area (Å²) in [4.78, 5) is 0. The van der Waals surface area contributed by atoms with Gasteiger partial charge in [0, 0.05) is 0 Å². The van der Waals surface area contributed by atoms with Crippen molar-refractivity contribution >= 4 is 8.07 Å². The van der Waals surface area contributed by atoms with Gasteiger partial charge in [0.2, 0.25) is 0 Å². The lowest BCUT2D eigenvalue weighted by Crippen LogP contribution is -2.29. The Morgan fingerprint density at radius 2 is 1.44 bits per heavy atom. The SMILES string of the molecule is CC=C[Si](CC)(CC)CCCCCc1ccc(-c2ccc(C#N)cc2)cc1.